The van der Waals surface area contributed by atoms with E-state index in [1.54, 1.807) is 0 Å². The number of carbonyl (C=O) groups is 3. The van der Waals surface area contributed by atoms with E-state index in [2.05, 4.69) is 10.6 Å². The van der Waals surface area contributed by atoms with Gasteiger partial charge in [-0.25, -0.2) is 4.79 Å². The molecule has 0 radical (unpaired) electrons. The van der Waals surface area contributed by atoms with Crippen molar-refractivity contribution in [3.8, 4) is 0 Å². The van der Waals surface area contributed by atoms with Gasteiger partial charge in [-0.05, 0) is 25.5 Å². The molecule has 1 heterocycles. The van der Waals surface area contributed by atoms with E-state index >= 15 is 0 Å². The van der Waals surface area contributed by atoms with Crippen LogP contribution in [0.2, 0.25) is 0 Å². The van der Waals surface area contributed by atoms with Crippen molar-refractivity contribution in [1.29, 1.82) is 0 Å². The molecule has 0 spiro atoms. The second-order valence-electron chi connectivity index (χ2n) is 6.16. The Morgan fingerprint density at radius 2 is 1.88 bits per heavy atom. The van der Waals surface area contributed by atoms with Gasteiger partial charge in [0.15, 0.2) is 0 Å². The zero-order valence-electron chi connectivity index (χ0n) is 13.7. The Morgan fingerprint density at radius 1 is 1.24 bits per heavy atom. The first-order chi connectivity index (χ1) is 11.5. The molecule has 0 atom stereocenters. The Kier molecular flexibility index (Phi) is 5.05. The Bertz CT molecular complexity index is 685. The van der Waals surface area contributed by atoms with Gasteiger partial charge in [0.05, 0.1) is 17.5 Å². The minimum Gasteiger partial charge on any atom is -0.354 e. The second kappa shape index (κ2) is 6.73. The molecule has 0 aromatic heterocycles. The number of benzene rings is 1. The lowest BCUT2D eigenvalue weighted by Crippen LogP contribution is -2.44. The predicted molar refractivity (Wildman–Crippen MR) is 82.6 cm³/mol. The summed E-state index contributed by atoms with van der Waals surface area (Å²) in [6.07, 6.45) is -4.49. The third-order valence-corrected chi connectivity index (χ3v) is 4.04. The minimum absolute atomic E-state index is 0.00488. The topological polar surface area (TPSA) is 78.5 Å². The van der Waals surface area contributed by atoms with Crippen molar-refractivity contribution in [2.24, 2.45) is 0 Å². The summed E-state index contributed by atoms with van der Waals surface area (Å²) in [5, 5.41) is 4.91. The summed E-state index contributed by atoms with van der Waals surface area (Å²) in [5.74, 6) is -0.893. The van der Waals surface area contributed by atoms with Crippen LogP contribution in [0, 0.1) is 0 Å². The molecule has 1 aromatic rings. The Labute approximate surface area is 142 Å². The molecule has 1 aliphatic rings. The highest BCUT2D eigenvalue weighted by Gasteiger charge is 2.35. The molecule has 4 amide bonds. The Balaban J connectivity index is 2.02. The molecule has 0 bridgehead atoms. The van der Waals surface area contributed by atoms with Gasteiger partial charge >= 0.3 is 12.2 Å². The van der Waals surface area contributed by atoms with Gasteiger partial charge in [-0.15, -0.1) is 0 Å². The van der Waals surface area contributed by atoms with Crippen LogP contribution in [0.5, 0.6) is 0 Å². The lowest BCUT2D eigenvalue weighted by Gasteiger charge is -2.25. The van der Waals surface area contributed by atoms with E-state index in [-0.39, 0.29) is 25.2 Å². The molecule has 0 aliphatic carbocycles. The number of hydrogen-bond acceptors (Lipinski definition) is 3. The monoisotopic (exact) mass is 357 g/mol. The molecule has 0 saturated carbocycles. The van der Waals surface area contributed by atoms with Crippen LogP contribution in [0.4, 0.5) is 18.0 Å². The van der Waals surface area contributed by atoms with Crippen molar-refractivity contribution < 1.29 is 27.6 Å². The van der Waals surface area contributed by atoms with E-state index < -0.39 is 35.0 Å². The number of imide groups is 1. The Hall–Kier alpha value is -2.58. The van der Waals surface area contributed by atoms with Crippen LogP contribution in [-0.2, 0) is 21.2 Å². The largest absolute Gasteiger partial charge is 0.416 e. The van der Waals surface area contributed by atoms with Crippen molar-refractivity contribution in [2.45, 2.75) is 25.4 Å². The van der Waals surface area contributed by atoms with Crippen LogP contribution in [0.3, 0.4) is 0 Å². The molecule has 1 saturated heterocycles. The first kappa shape index (κ1) is 18.8. The fourth-order valence-corrected chi connectivity index (χ4v) is 2.40. The fraction of sp³-hybridized carbons (Fsp3) is 0.438. The third-order valence-electron chi connectivity index (χ3n) is 4.04. The van der Waals surface area contributed by atoms with E-state index in [1.807, 2.05) is 0 Å². The summed E-state index contributed by atoms with van der Waals surface area (Å²) in [5.41, 5.74) is -1.82. The number of rotatable bonds is 5. The Morgan fingerprint density at radius 3 is 2.44 bits per heavy atom. The molecule has 136 valence electrons. The second-order valence-corrected chi connectivity index (χ2v) is 6.16. The van der Waals surface area contributed by atoms with Crippen LogP contribution in [-0.4, -0.2) is 42.4 Å². The number of urea groups is 1. The van der Waals surface area contributed by atoms with Gasteiger partial charge in [-0.1, -0.05) is 18.2 Å². The number of nitrogens with zero attached hydrogens (tertiary/aromatic N) is 1. The molecular formula is C16H18F3N3O3. The van der Waals surface area contributed by atoms with Crippen LogP contribution in [0.15, 0.2) is 24.3 Å². The molecule has 25 heavy (non-hydrogen) atoms. The number of nitrogens with one attached hydrogen (secondary N) is 2. The van der Waals surface area contributed by atoms with E-state index in [1.165, 1.54) is 26.0 Å². The summed E-state index contributed by atoms with van der Waals surface area (Å²) >= 11 is 0. The van der Waals surface area contributed by atoms with E-state index in [9.17, 15) is 27.6 Å². The van der Waals surface area contributed by atoms with Crippen molar-refractivity contribution in [1.82, 2.24) is 15.5 Å². The number of halogens is 3. The van der Waals surface area contributed by atoms with Crippen LogP contribution < -0.4 is 10.6 Å². The maximum Gasteiger partial charge on any atom is 0.416 e. The van der Waals surface area contributed by atoms with Gasteiger partial charge in [0.2, 0.25) is 11.8 Å². The zero-order chi connectivity index (χ0) is 18.8. The zero-order valence-corrected chi connectivity index (χ0v) is 13.7. The SMILES string of the molecule is CC(C)(C(=O)NCCN1C(=O)CNC1=O)c1cccc(C(F)(F)F)c1. The number of amides is 4. The summed E-state index contributed by atoms with van der Waals surface area (Å²) in [4.78, 5) is 36.2. The van der Waals surface area contributed by atoms with Crippen molar-refractivity contribution in [2.75, 3.05) is 19.6 Å². The average Bonchev–Trinajstić information content (AvgIpc) is 2.86. The number of hydrogen-bond donors (Lipinski definition) is 2. The van der Waals surface area contributed by atoms with E-state index in [0.717, 1.165) is 17.0 Å². The molecule has 2 rings (SSSR count). The maximum absolute atomic E-state index is 12.8. The highest BCUT2D eigenvalue weighted by Crippen LogP contribution is 2.32. The maximum atomic E-state index is 12.8. The highest BCUT2D eigenvalue weighted by molar-refractivity contribution is 6.02. The average molecular weight is 357 g/mol. The first-order valence-electron chi connectivity index (χ1n) is 7.57. The predicted octanol–water partition coefficient (Wildman–Crippen LogP) is 1.65. The lowest BCUT2D eigenvalue weighted by atomic mass is 9.83. The normalized spacial score (nSPS) is 15.3. The van der Waals surface area contributed by atoms with Gasteiger partial charge in [0, 0.05) is 13.1 Å². The number of alkyl halides is 3. The van der Waals surface area contributed by atoms with Crippen molar-refractivity contribution in [3.63, 3.8) is 0 Å². The summed E-state index contributed by atoms with van der Waals surface area (Å²) < 4.78 is 38.5. The highest BCUT2D eigenvalue weighted by atomic mass is 19.4. The van der Waals surface area contributed by atoms with Crippen LogP contribution in [0.1, 0.15) is 25.0 Å². The molecule has 6 nitrogen and oxygen atoms in total. The van der Waals surface area contributed by atoms with Gasteiger partial charge in [-0.2, -0.15) is 13.2 Å². The molecule has 1 aliphatic heterocycles. The fourth-order valence-electron chi connectivity index (χ4n) is 2.40. The van der Waals surface area contributed by atoms with Crippen molar-refractivity contribution in [3.05, 3.63) is 35.4 Å². The van der Waals surface area contributed by atoms with Gasteiger partial charge in [0.1, 0.15) is 0 Å². The quantitative estimate of drug-likeness (QED) is 0.787. The first-order valence-corrected chi connectivity index (χ1v) is 7.57. The molecule has 1 fully saturated rings. The van der Waals surface area contributed by atoms with Gasteiger partial charge in [0.25, 0.3) is 0 Å². The van der Waals surface area contributed by atoms with Crippen LogP contribution in [0.25, 0.3) is 0 Å². The van der Waals surface area contributed by atoms with Crippen molar-refractivity contribution >= 4 is 17.8 Å². The minimum atomic E-state index is -4.49. The van der Waals surface area contributed by atoms with Crippen LogP contribution >= 0.6 is 0 Å². The summed E-state index contributed by atoms with van der Waals surface area (Å²) in [6, 6.07) is 4.05. The third kappa shape index (κ3) is 4.09. The standard InChI is InChI=1S/C16H18F3N3O3/c1-15(2,10-4-3-5-11(8-10)16(17,18)19)13(24)20-6-7-22-12(23)9-21-14(22)25/h3-5,8H,6-7,9H2,1-2H3,(H,20,24)(H,21,25). The molecule has 2 N–H and O–H groups in total. The van der Waals surface area contributed by atoms with Gasteiger partial charge in [-0.3, -0.25) is 14.5 Å². The van der Waals surface area contributed by atoms with E-state index in [0.29, 0.717) is 0 Å². The van der Waals surface area contributed by atoms with Gasteiger partial charge < -0.3 is 10.6 Å². The molecule has 9 heteroatoms. The molecular weight excluding hydrogens is 339 g/mol. The summed E-state index contributed by atoms with van der Waals surface area (Å²) in [6.45, 7) is 2.94. The smallest absolute Gasteiger partial charge is 0.354 e. The number of carbonyl (C=O) groups excluding carboxylic acids is 3. The molecule has 0 unspecified atom stereocenters. The molecule has 1 aromatic carbocycles. The lowest BCUT2D eigenvalue weighted by molar-refractivity contribution is -0.138. The summed E-state index contributed by atoms with van der Waals surface area (Å²) in [7, 11) is 0. The van der Waals surface area contributed by atoms with E-state index in [4.69, 9.17) is 0 Å².